The lowest BCUT2D eigenvalue weighted by Gasteiger charge is -2.11. The summed E-state index contributed by atoms with van der Waals surface area (Å²) in [6, 6.07) is 16.8. The molecule has 1 aromatic heterocycles. The Kier molecular flexibility index (Phi) is 6.91. The maximum absolute atomic E-state index is 12.1. The SMILES string of the molecule is CCn1c(COc2ccccc2OC)nnc1SCC(=O)Nc1ccccc1. The zero-order chi connectivity index (χ0) is 19.8. The van der Waals surface area contributed by atoms with Crippen LogP contribution in [0.3, 0.4) is 0 Å². The lowest BCUT2D eigenvalue weighted by atomic mass is 10.3. The molecular formula is C20H22N4O3S. The molecule has 0 saturated heterocycles. The van der Waals surface area contributed by atoms with Crippen LogP contribution in [0.15, 0.2) is 59.8 Å². The highest BCUT2D eigenvalue weighted by Gasteiger charge is 2.14. The van der Waals surface area contributed by atoms with Gasteiger partial charge in [-0.05, 0) is 31.2 Å². The molecule has 146 valence electrons. The van der Waals surface area contributed by atoms with E-state index in [9.17, 15) is 4.79 Å². The zero-order valence-electron chi connectivity index (χ0n) is 15.8. The summed E-state index contributed by atoms with van der Waals surface area (Å²) in [6.45, 7) is 2.95. The van der Waals surface area contributed by atoms with Gasteiger partial charge in [0.25, 0.3) is 0 Å². The fourth-order valence-electron chi connectivity index (χ4n) is 2.58. The highest BCUT2D eigenvalue weighted by atomic mass is 32.2. The van der Waals surface area contributed by atoms with Crippen molar-refractivity contribution < 1.29 is 14.3 Å². The van der Waals surface area contributed by atoms with Gasteiger partial charge < -0.3 is 19.4 Å². The van der Waals surface area contributed by atoms with Crippen molar-refractivity contribution in [2.45, 2.75) is 25.2 Å². The predicted molar refractivity (Wildman–Crippen MR) is 109 cm³/mol. The highest BCUT2D eigenvalue weighted by Crippen LogP contribution is 2.27. The minimum atomic E-state index is -0.0892. The van der Waals surface area contributed by atoms with Crippen molar-refractivity contribution in [1.82, 2.24) is 14.8 Å². The van der Waals surface area contributed by atoms with Crippen LogP contribution in [0, 0.1) is 0 Å². The number of methoxy groups -OCH3 is 1. The number of hydrogen-bond acceptors (Lipinski definition) is 6. The normalized spacial score (nSPS) is 10.5. The standard InChI is InChI=1S/C20H22N4O3S/c1-3-24-18(13-27-17-12-8-7-11-16(17)26-2)22-23-20(24)28-14-19(25)21-15-9-5-4-6-10-15/h4-12H,3,13-14H2,1-2H3,(H,21,25). The number of carbonyl (C=O) groups is 1. The molecule has 0 saturated carbocycles. The number of carbonyl (C=O) groups excluding carboxylic acids is 1. The zero-order valence-corrected chi connectivity index (χ0v) is 16.6. The van der Waals surface area contributed by atoms with Gasteiger partial charge in [-0.2, -0.15) is 0 Å². The summed E-state index contributed by atoms with van der Waals surface area (Å²) < 4.78 is 13.1. The van der Waals surface area contributed by atoms with Gasteiger partial charge in [0.2, 0.25) is 5.91 Å². The van der Waals surface area contributed by atoms with Gasteiger partial charge in [0.15, 0.2) is 22.5 Å². The molecule has 0 unspecified atom stereocenters. The molecule has 28 heavy (non-hydrogen) atoms. The average molecular weight is 398 g/mol. The van der Waals surface area contributed by atoms with E-state index >= 15 is 0 Å². The molecule has 2 aromatic carbocycles. The third kappa shape index (κ3) is 5.04. The molecule has 0 bridgehead atoms. The first kappa shape index (κ1) is 19.8. The average Bonchev–Trinajstić information content (AvgIpc) is 3.13. The van der Waals surface area contributed by atoms with Gasteiger partial charge in [0.1, 0.15) is 6.61 Å². The Labute approximate surface area is 168 Å². The minimum absolute atomic E-state index is 0.0892. The van der Waals surface area contributed by atoms with E-state index in [0.717, 1.165) is 5.69 Å². The van der Waals surface area contributed by atoms with E-state index in [4.69, 9.17) is 9.47 Å². The Balaban J connectivity index is 1.59. The summed E-state index contributed by atoms with van der Waals surface area (Å²) in [5, 5.41) is 12.0. The van der Waals surface area contributed by atoms with Crippen molar-refractivity contribution in [3.05, 3.63) is 60.4 Å². The van der Waals surface area contributed by atoms with Gasteiger partial charge in [-0.15, -0.1) is 10.2 Å². The fourth-order valence-corrected chi connectivity index (χ4v) is 3.40. The summed E-state index contributed by atoms with van der Waals surface area (Å²) in [6.07, 6.45) is 0. The van der Waals surface area contributed by atoms with Crippen molar-refractivity contribution in [3.63, 3.8) is 0 Å². The molecule has 0 fully saturated rings. The molecular weight excluding hydrogens is 376 g/mol. The third-order valence-electron chi connectivity index (χ3n) is 3.93. The Bertz CT molecular complexity index is 915. The van der Waals surface area contributed by atoms with E-state index in [1.54, 1.807) is 7.11 Å². The Hall–Kier alpha value is -3.00. The number of anilines is 1. The molecule has 0 spiro atoms. The maximum Gasteiger partial charge on any atom is 0.234 e. The number of rotatable bonds is 9. The molecule has 0 aliphatic rings. The van der Waals surface area contributed by atoms with Crippen LogP contribution in [0.4, 0.5) is 5.69 Å². The van der Waals surface area contributed by atoms with Crippen molar-refractivity contribution in [2.75, 3.05) is 18.2 Å². The van der Waals surface area contributed by atoms with Gasteiger partial charge >= 0.3 is 0 Å². The number of para-hydroxylation sites is 3. The molecule has 0 aliphatic carbocycles. The van der Waals surface area contributed by atoms with Gasteiger partial charge in [0.05, 0.1) is 12.9 Å². The number of amides is 1. The number of hydrogen-bond donors (Lipinski definition) is 1. The van der Waals surface area contributed by atoms with E-state index in [1.165, 1.54) is 11.8 Å². The maximum atomic E-state index is 12.1. The monoisotopic (exact) mass is 398 g/mol. The van der Waals surface area contributed by atoms with Crippen LogP contribution in [0.25, 0.3) is 0 Å². The van der Waals surface area contributed by atoms with E-state index in [1.807, 2.05) is 66.1 Å². The smallest absolute Gasteiger partial charge is 0.234 e. The Morgan fingerprint density at radius 1 is 1.07 bits per heavy atom. The van der Waals surface area contributed by atoms with E-state index < -0.39 is 0 Å². The third-order valence-corrected chi connectivity index (χ3v) is 4.89. The van der Waals surface area contributed by atoms with Crippen LogP contribution < -0.4 is 14.8 Å². The summed E-state index contributed by atoms with van der Waals surface area (Å²) in [5.74, 6) is 2.16. The van der Waals surface area contributed by atoms with Gasteiger partial charge in [0, 0.05) is 12.2 Å². The molecule has 0 aliphatic heterocycles. The highest BCUT2D eigenvalue weighted by molar-refractivity contribution is 7.99. The topological polar surface area (TPSA) is 78.3 Å². The van der Waals surface area contributed by atoms with Crippen LogP contribution >= 0.6 is 11.8 Å². The minimum Gasteiger partial charge on any atom is -0.493 e. The first-order valence-corrected chi connectivity index (χ1v) is 9.85. The molecule has 7 nitrogen and oxygen atoms in total. The summed E-state index contributed by atoms with van der Waals surface area (Å²) in [4.78, 5) is 12.1. The van der Waals surface area contributed by atoms with Crippen LogP contribution in [0.5, 0.6) is 11.5 Å². The van der Waals surface area contributed by atoms with Crippen LogP contribution in [0.2, 0.25) is 0 Å². The number of aromatic nitrogens is 3. The molecule has 8 heteroatoms. The van der Waals surface area contributed by atoms with E-state index in [0.29, 0.717) is 29.0 Å². The predicted octanol–water partition coefficient (Wildman–Crippen LogP) is 3.62. The molecule has 1 heterocycles. The fraction of sp³-hybridized carbons (Fsp3) is 0.250. The molecule has 0 radical (unpaired) electrons. The number of ether oxygens (including phenoxy) is 2. The first-order chi connectivity index (χ1) is 13.7. The van der Waals surface area contributed by atoms with Crippen molar-refractivity contribution in [2.24, 2.45) is 0 Å². The largest absolute Gasteiger partial charge is 0.493 e. The molecule has 1 N–H and O–H groups in total. The summed E-state index contributed by atoms with van der Waals surface area (Å²) in [7, 11) is 1.60. The summed E-state index contributed by atoms with van der Waals surface area (Å²) >= 11 is 1.35. The van der Waals surface area contributed by atoms with Crippen LogP contribution in [0.1, 0.15) is 12.7 Å². The lowest BCUT2D eigenvalue weighted by Crippen LogP contribution is -2.14. The number of benzene rings is 2. The van der Waals surface area contributed by atoms with E-state index in [-0.39, 0.29) is 18.3 Å². The number of nitrogens with zero attached hydrogens (tertiary/aromatic N) is 3. The van der Waals surface area contributed by atoms with Gasteiger partial charge in [-0.1, -0.05) is 42.1 Å². The summed E-state index contributed by atoms with van der Waals surface area (Å²) in [5.41, 5.74) is 0.774. The quantitative estimate of drug-likeness (QED) is 0.555. The number of nitrogens with one attached hydrogen (secondary N) is 1. The van der Waals surface area contributed by atoms with Crippen molar-refractivity contribution in [1.29, 1.82) is 0 Å². The van der Waals surface area contributed by atoms with Gasteiger partial charge in [-0.3, -0.25) is 4.79 Å². The lowest BCUT2D eigenvalue weighted by molar-refractivity contribution is -0.113. The first-order valence-electron chi connectivity index (χ1n) is 8.86. The number of thioether (sulfide) groups is 1. The van der Waals surface area contributed by atoms with Crippen LogP contribution in [-0.4, -0.2) is 33.5 Å². The van der Waals surface area contributed by atoms with Crippen molar-refractivity contribution in [3.8, 4) is 11.5 Å². The Morgan fingerprint density at radius 2 is 1.79 bits per heavy atom. The second-order valence-electron chi connectivity index (χ2n) is 5.79. The second kappa shape index (κ2) is 9.80. The van der Waals surface area contributed by atoms with Crippen molar-refractivity contribution >= 4 is 23.4 Å². The van der Waals surface area contributed by atoms with E-state index in [2.05, 4.69) is 15.5 Å². The van der Waals surface area contributed by atoms with Crippen LogP contribution in [-0.2, 0) is 17.9 Å². The molecule has 3 rings (SSSR count). The molecule has 1 amide bonds. The molecule has 0 atom stereocenters. The van der Waals surface area contributed by atoms with Gasteiger partial charge in [-0.25, -0.2) is 0 Å². The Morgan fingerprint density at radius 3 is 2.50 bits per heavy atom. The second-order valence-corrected chi connectivity index (χ2v) is 6.73. The molecule has 3 aromatic rings.